The van der Waals surface area contributed by atoms with Crippen LogP contribution in [0.1, 0.15) is 11.3 Å². The van der Waals surface area contributed by atoms with Gasteiger partial charge in [0, 0.05) is 51.5 Å². The van der Waals surface area contributed by atoms with E-state index in [9.17, 15) is 9.90 Å². The number of hydrogen-bond acceptors (Lipinski definition) is 5. The minimum Gasteiger partial charge on any atom is -0.396 e. The van der Waals surface area contributed by atoms with Crippen molar-refractivity contribution in [1.82, 2.24) is 15.2 Å². The number of ether oxygens (including phenoxy) is 1. The zero-order valence-corrected chi connectivity index (χ0v) is 12.6. The maximum atomic E-state index is 11.6. The number of hydrogen-bond donors (Lipinski definition) is 2. The summed E-state index contributed by atoms with van der Waals surface area (Å²) in [5.41, 5.74) is 2.14. The number of aliphatic hydroxyl groups is 1. The van der Waals surface area contributed by atoms with Crippen molar-refractivity contribution >= 4 is 5.91 Å². The second-order valence-electron chi connectivity index (χ2n) is 5.57. The summed E-state index contributed by atoms with van der Waals surface area (Å²) >= 11 is 0. The highest BCUT2D eigenvalue weighted by Gasteiger charge is 2.33. The molecule has 1 aromatic heterocycles. The number of aryl methyl sites for hydroxylation is 1. The van der Waals surface area contributed by atoms with E-state index in [1.165, 1.54) is 7.11 Å². The molecule has 0 bridgehead atoms. The van der Waals surface area contributed by atoms with Crippen molar-refractivity contribution in [3.05, 3.63) is 29.6 Å². The zero-order chi connectivity index (χ0) is 15.2. The molecule has 1 aliphatic rings. The molecule has 0 unspecified atom stereocenters. The molecule has 0 spiro atoms. The van der Waals surface area contributed by atoms with Gasteiger partial charge in [-0.15, -0.1) is 0 Å². The van der Waals surface area contributed by atoms with Crippen LogP contribution < -0.4 is 5.32 Å². The van der Waals surface area contributed by atoms with Crippen LogP contribution in [0.4, 0.5) is 0 Å². The van der Waals surface area contributed by atoms with Crippen LogP contribution in [0.2, 0.25) is 0 Å². The predicted molar refractivity (Wildman–Crippen MR) is 78.6 cm³/mol. The molecule has 2 N–H and O–H groups in total. The van der Waals surface area contributed by atoms with E-state index in [0.29, 0.717) is 0 Å². The Morgan fingerprint density at radius 1 is 1.52 bits per heavy atom. The summed E-state index contributed by atoms with van der Waals surface area (Å²) in [6.07, 6.45) is 1.85. The van der Waals surface area contributed by atoms with Crippen molar-refractivity contribution in [3.8, 4) is 0 Å². The van der Waals surface area contributed by atoms with Crippen molar-refractivity contribution in [2.75, 3.05) is 33.4 Å². The standard InChI is InChI=1S/C15H23N3O3/c1-11-3-4-13(16-5-11)7-18-6-12(9-19)14(8-18)17-15(20)10-21-2/h3-5,12,14,19H,6-10H2,1-2H3,(H,17,20)/t12-,14+/m0/s1. The van der Waals surface area contributed by atoms with Crippen LogP contribution in [0.3, 0.4) is 0 Å². The van der Waals surface area contributed by atoms with Gasteiger partial charge in [0.15, 0.2) is 0 Å². The van der Waals surface area contributed by atoms with E-state index in [2.05, 4.69) is 15.2 Å². The zero-order valence-electron chi connectivity index (χ0n) is 12.6. The van der Waals surface area contributed by atoms with E-state index >= 15 is 0 Å². The third-order valence-corrected chi connectivity index (χ3v) is 3.73. The quantitative estimate of drug-likeness (QED) is 0.769. The molecule has 21 heavy (non-hydrogen) atoms. The highest BCUT2D eigenvalue weighted by Crippen LogP contribution is 2.18. The number of pyridine rings is 1. The lowest BCUT2D eigenvalue weighted by Gasteiger charge is -2.17. The third-order valence-electron chi connectivity index (χ3n) is 3.73. The number of aliphatic hydroxyl groups excluding tert-OH is 1. The summed E-state index contributed by atoms with van der Waals surface area (Å²) in [6, 6.07) is 4.02. The summed E-state index contributed by atoms with van der Waals surface area (Å²) in [5.74, 6) is -0.0903. The van der Waals surface area contributed by atoms with Gasteiger partial charge < -0.3 is 15.2 Å². The van der Waals surface area contributed by atoms with Crippen LogP contribution in [0, 0.1) is 12.8 Å². The molecule has 2 heterocycles. The molecule has 2 rings (SSSR count). The van der Waals surface area contributed by atoms with Gasteiger partial charge in [-0.1, -0.05) is 6.07 Å². The fourth-order valence-corrected chi connectivity index (χ4v) is 2.64. The Labute approximate surface area is 125 Å². The van der Waals surface area contributed by atoms with Gasteiger partial charge in [-0.3, -0.25) is 14.7 Å². The van der Waals surface area contributed by atoms with Crippen molar-refractivity contribution in [2.24, 2.45) is 5.92 Å². The van der Waals surface area contributed by atoms with Gasteiger partial charge in [-0.2, -0.15) is 0 Å². The number of nitrogens with one attached hydrogen (secondary N) is 1. The topological polar surface area (TPSA) is 74.7 Å². The first-order chi connectivity index (χ1) is 10.1. The van der Waals surface area contributed by atoms with Gasteiger partial charge >= 0.3 is 0 Å². The number of aromatic nitrogens is 1. The van der Waals surface area contributed by atoms with Crippen LogP contribution >= 0.6 is 0 Å². The van der Waals surface area contributed by atoms with Crippen LogP contribution in [-0.4, -0.2) is 60.4 Å². The third kappa shape index (κ3) is 4.49. The molecule has 1 aliphatic heterocycles. The van der Waals surface area contributed by atoms with E-state index in [0.717, 1.165) is 30.9 Å². The molecule has 0 radical (unpaired) electrons. The van der Waals surface area contributed by atoms with Crippen LogP contribution in [-0.2, 0) is 16.1 Å². The summed E-state index contributed by atoms with van der Waals surface area (Å²) < 4.78 is 4.82. The van der Waals surface area contributed by atoms with E-state index < -0.39 is 0 Å². The number of amides is 1. The second kappa shape index (κ2) is 7.49. The number of rotatable bonds is 6. The normalized spacial score (nSPS) is 22.4. The fourth-order valence-electron chi connectivity index (χ4n) is 2.64. The van der Waals surface area contributed by atoms with Crippen LogP contribution in [0.25, 0.3) is 0 Å². The number of methoxy groups -OCH3 is 1. The van der Waals surface area contributed by atoms with Crippen molar-refractivity contribution in [3.63, 3.8) is 0 Å². The van der Waals surface area contributed by atoms with Crippen LogP contribution in [0.5, 0.6) is 0 Å². The molecule has 0 saturated carbocycles. The molecule has 1 aromatic rings. The molecular weight excluding hydrogens is 270 g/mol. The van der Waals surface area contributed by atoms with Gasteiger partial charge in [0.25, 0.3) is 0 Å². The molecule has 116 valence electrons. The number of nitrogens with zero attached hydrogens (tertiary/aromatic N) is 2. The number of carbonyl (C=O) groups is 1. The minimum absolute atomic E-state index is 0.0388. The Morgan fingerprint density at radius 2 is 2.33 bits per heavy atom. The summed E-state index contributed by atoms with van der Waals surface area (Å²) in [4.78, 5) is 18.2. The minimum atomic E-state index is -0.142. The van der Waals surface area contributed by atoms with Crippen molar-refractivity contribution < 1.29 is 14.6 Å². The van der Waals surface area contributed by atoms with Gasteiger partial charge in [0.2, 0.25) is 5.91 Å². The molecule has 6 nitrogen and oxygen atoms in total. The maximum Gasteiger partial charge on any atom is 0.246 e. The van der Waals surface area contributed by atoms with E-state index in [-0.39, 0.29) is 31.1 Å². The van der Waals surface area contributed by atoms with Crippen LogP contribution in [0.15, 0.2) is 18.3 Å². The Bertz CT molecular complexity index is 464. The summed E-state index contributed by atoms with van der Waals surface area (Å²) in [7, 11) is 1.49. The van der Waals surface area contributed by atoms with Gasteiger partial charge in [-0.05, 0) is 18.6 Å². The smallest absolute Gasteiger partial charge is 0.246 e. The maximum absolute atomic E-state index is 11.6. The van der Waals surface area contributed by atoms with Gasteiger partial charge in [0.1, 0.15) is 6.61 Å². The lowest BCUT2D eigenvalue weighted by atomic mass is 10.1. The first-order valence-corrected chi connectivity index (χ1v) is 7.15. The predicted octanol–water partition coefficient (Wildman–Crippen LogP) is -0.0547. The molecule has 0 aromatic carbocycles. The van der Waals surface area contributed by atoms with E-state index in [4.69, 9.17) is 4.74 Å². The SMILES string of the molecule is COCC(=O)N[C@@H]1CN(Cc2ccc(C)cn2)C[C@H]1CO. The average Bonchev–Trinajstić information content (AvgIpc) is 2.83. The summed E-state index contributed by atoms with van der Waals surface area (Å²) in [5, 5.41) is 12.4. The first-order valence-electron chi connectivity index (χ1n) is 7.15. The van der Waals surface area contributed by atoms with E-state index in [1.807, 2.05) is 25.3 Å². The average molecular weight is 293 g/mol. The molecule has 1 saturated heterocycles. The Morgan fingerprint density at radius 3 is 2.95 bits per heavy atom. The fraction of sp³-hybridized carbons (Fsp3) is 0.600. The largest absolute Gasteiger partial charge is 0.396 e. The number of carbonyl (C=O) groups excluding carboxylic acids is 1. The Balaban J connectivity index is 1.91. The highest BCUT2D eigenvalue weighted by atomic mass is 16.5. The van der Waals surface area contributed by atoms with E-state index in [1.54, 1.807) is 0 Å². The van der Waals surface area contributed by atoms with Crippen molar-refractivity contribution in [1.29, 1.82) is 0 Å². The monoisotopic (exact) mass is 293 g/mol. The van der Waals surface area contributed by atoms with Gasteiger partial charge in [-0.25, -0.2) is 0 Å². The lowest BCUT2D eigenvalue weighted by molar-refractivity contribution is -0.125. The van der Waals surface area contributed by atoms with Gasteiger partial charge in [0.05, 0.1) is 5.69 Å². The molecule has 1 amide bonds. The molecule has 2 atom stereocenters. The van der Waals surface area contributed by atoms with Crippen molar-refractivity contribution in [2.45, 2.75) is 19.5 Å². The molecule has 0 aliphatic carbocycles. The Kier molecular flexibility index (Phi) is 5.67. The highest BCUT2D eigenvalue weighted by molar-refractivity contribution is 5.77. The first kappa shape index (κ1) is 15.9. The number of likely N-dealkylation sites (tertiary alicyclic amines) is 1. The summed E-state index contributed by atoms with van der Waals surface area (Å²) in [6.45, 7) is 4.33. The molecule has 6 heteroatoms. The lowest BCUT2D eigenvalue weighted by Crippen LogP contribution is -2.43. The molecule has 1 fully saturated rings. The second-order valence-corrected chi connectivity index (χ2v) is 5.57. The molecular formula is C15H23N3O3. The Hall–Kier alpha value is -1.50.